The van der Waals surface area contributed by atoms with Gasteiger partial charge in [-0.15, -0.1) is 0 Å². The predicted octanol–water partition coefficient (Wildman–Crippen LogP) is 1.32. The maximum absolute atomic E-state index is 11.9. The van der Waals surface area contributed by atoms with E-state index in [9.17, 15) is 9.59 Å². The van der Waals surface area contributed by atoms with Gasteiger partial charge in [0.15, 0.2) is 5.92 Å². The van der Waals surface area contributed by atoms with E-state index in [0.717, 1.165) is 0 Å². The van der Waals surface area contributed by atoms with Gasteiger partial charge in [-0.2, -0.15) is 0 Å². The summed E-state index contributed by atoms with van der Waals surface area (Å²) >= 11 is 0. The highest BCUT2D eigenvalue weighted by atomic mass is 16.6. The highest BCUT2D eigenvalue weighted by Gasteiger charge is 2.40. The third-order valence-corrected chi connectivity index (χ3v) is 2.82. The second kappa shape index (κ2) is 7.16. The van der Waals surface area contributed by atoms with Crippen LogP contribution in [0.4, 0.5) is 0 Å². The van der Waals surface area contributed by atoms with Crippen LogP contribution in [-0.2, 0) is 23.8 Å². The summed E-state index contributed by atoms with van der Waals surface area (Å²) in [4.78, 5) is 23.8. The molecule has 0 aromatic rings. The van der Waals surface area contributed by atoms with Crippen LogP contribution in [0.3, 0.4) is 0 Å². The Morgan fingerprint density at radius 3 is 2.28 bits per heavy atom. The van der Waals surface area contributed by atoms with E-state index in [0.29, 0.717) is 6.61 Å². The Morgan fingerprint density at radius 1 is 1.28 bits per heavy atom. The van der Waals surface area contributed by atoms with Crippen molar-refractivity contribution in [3.8, 4) is 0 Å². The fraction of sp³-hybridized carbons (Fsp3) is 0.692. The van der Waals surface area contributed by atoms with Gasteiger partial charge in [-0.25, -0.2) is 0 Å². The molecule has 0 N–H and O–H groups in total. The van der Waals surface area contributed by atoms with Crippen LogP contribution >= 0.6 is 0 Å². The first-order valence-electron chi connectivity index (χ1n) is 6.23. The number of ether oxygens (including phenoxy) is 3. The van der Waals surface area contributed by atoms with Crippen LogP contribution in [0.5, 0.6) is 0 Å². The summed E-state index contributed by atoms with van der Waals surface area (Å²) < 4.78 is 15.3. The molecule has 0 fully saturated rings. The second-order valence-electron chi connectivity index (χ2n) is 4.03. The van der Waals surface area contributed by atoms with Crippen LogP contribution in [0.15, 0.2) is 12.2 Å². The standard InChI is InChI=1S/C13H20O5/c1-4-16-12(14)11(13(15)17-5-2)10-7-6-8-18-9(10)3/h6-7,9-11H,4-5,8H2,1-3H3/t9-,10+/m0/s1. The van der Waals surface area contributed by atoms with Crippen molar-refractivity contribution in [2.24, 2.45) is 11.8 Å². The van der Waals surface area contributed by atoms with Crippen molar-refractivity contribution < 1.29 is 23.8 Å². The molecule has 102 valence electrons. The van der Waals surface area contributed by atoms with E-state index < -0.39 is 17.9 Å². The molecular weight excluding hydrogens is 236 g/mol. The van der Waals surface area contributed by atoms with Crippen LogP contribution < -0.4 is 0 Å². The molecule has 0 amide bonds. The monoisotopic (exact) mass is 256 g/mol. The maximum atomic E-state index is 11.9. The molecule has 5 heteroatoms. The van der Waals surface area contributed by atoms with Gasteiger partial charge in [-0.3, -0.25) is 9.59 Å². The Hall–Kier alpha value is -1.36. The minimum absolute atomic E-state index is 0.214. The van der Waals surface area contributed by atoms with E-state index in [2.05, 4.69) is 0 Å². The first-order chi connectivity index (χ1) is 8.61. The van der Waals surface area contributed by atoms with Gasteiger partial charge in [0, 0.05) is 5.92 Å². The molecule has 1 heterocycles. The molecule has 0 aromatic heterocycles. The van der Waals surface area contributed by atoms with E-state index >= 15 is 0 Å². The first kappa shape index (κ1) is 14.7. The Balaban J connectivity index is 2.88. The third kappa shape index (κ3) is 3.57. The minimum Gasteiger partial charge on any atom is -0.465 e. The lowest BCUT2D eigenvalue weighted by Crippen LogP contribution is -2.40. The van der Waals surface area contributed by atoms with Gasteiger partial charge in [0.1, 0.15) is 0 Å². The number of hydrogen-bond donors (Lipinski definition) is 0. The van der Waals surface area contributed by atoms with Gasteiger partial charge in [0.2, 0.25) is 0 Å². The van der Waals surface area contributed by atoms with Gasteiger partial charge < -0.3 is 14.2 Å². The van der Waals surface area contributed by atoms with Gasteiger partial charge in [-0.1, -0.05) is 12.2 Å². The Morgan fingerprint density at radius 2 is 1.83 bits per heavy atom. The van der Waals surface area contributed by atoms with Crippen LogP contribution in [-0.4, -0.2) is 37.9 Å². The van der Waals surface area contributed by atoms with E-state index in [1.165, 1.54) is 0 Å². The molecule has 0 saturated heterocycles. The molecule has 0 bridgehead atoms. The Kier molecular flexibility index (Phi) is 5.85. The molecule has 1 aliphatic heterocycles. The number of rotatable bonds is 5. The summed E-state index contributed by atoms with van der Waals surface area (Å²) in [6.07, 6.45) is 3.41. The molecule has 0 aromatic carbocycles. The molecule has 0 saturated carbocycles. The Labute approximate surface area is 107 Å². The lowest BCUT2D eigenvalue weighted by molar-refractivity contribution is -0.166. The number of esters is 2. The van der Waals surface area contributed by atoms with Crippen molar-refractivity contribution in [2.45, 2.75) is 26.9 Å². The van der Waals surface area contributed by atoms with Crippen molar-refractivity contribution >= 4 is 11.9 Å². The van der Waals surface area contributed by atoms with Crippen molar-refractivity contribution in [2.75, 3.05) is 19.8 Å². The van der Waals surface area contributed by atoms with Crippen molar-refractivity contribution in [1.29, 1.82) is 0 Å². The largest absolute Gasteiger partial charge is 0.465 e. The molecule has 0 aliphatic carbocycles. The van der Waals surface area contributed by atoms with Crippen LogP contribution in [0.1, 0.15) is 20.8 Å². The predicted molar refractivity (Wildman–Crippen MR) is 64.8 cm³/mol. The SMILES string of the molecule is CCOC(=O)C(C(=O)OCC)[C@@H]1C=CCO[C@H]1C. The quantitative estimate of drug-likeness (QED) is 0.422. The van der Waals surface area contributed by atoms with Gasteiger partial charge >= 0.3 is 11.9 Å². The highest BCUT2D eigenvalue weighted by Crippen LogP contribution is 2.25. The van der Waals surface area contributed by atoms with Crippen molar-refractivity contribution in [3.63, 3.8) is 0 Å². The molecule has 18 heavy (non-hydrogen) atoms. The minimum atomic E-state index is -0.948. The summed E-state index contributed by atoms with van der Waals surface area (Å²) in [6.45, 7) is 6.21. The smallest absolute Gasteiger partial charge is 0.321 e. The van der Waals surface area contributed by atoms with Gasteiger partial charge in [-0.05, 0) is 20.8 Å². The number of hydrogen-bond acceptors (Lipinski definition) is 5. The summed E-state index contributed by atoms with van der Waals surface area (Å²) in [5, 5.41) is 0. The zero-order valence-electron chi connectivity index (χ0n) is 11.0. The lowest BCUT2D eigenvalue weighted by Gasteiger charge is -2.29. The molecule has 0 unspecified atom stereocenters. The summed E-state index contributed by atoms with van der Waals surface area (Å²) in [6, 6.07) is 0. The van der Waals surface area contributed by atoms with Crippen molar-refractivity contribution in [1.82, 2.24) is 0 Å². The number of carbonyl (C=O) groups is 2. The molecule has 2 atom stereocenters. The second-order valence-corrected chi connectivity index (χ2v) is 4.03. The first-order valence-corrected chi connectivity index (χ1v) is 6.23. The number of carbonyl (C=O) groups excluding carboxylic acids is 2. The average Bonchev–Trinajstić information content (AvgIpc) is 2.33. The van der Waals surface area contributed by atoms with E-state index in [1.54, 1.807) is 19.9 Å². The molecule has 0 spiro atoms. The molecular formula is C13H20O5. The molecule has 1 aliphatic rings. The summed E-state index contributed by atoms with van der Waals surface area (Å²) in [5.74, 6) is -2.39. The molecule has 1 rings (SSSR count). The normalized spacial score (nSPS) is 22.9. The highest BCUT2D eigenvalue weighted by molar-refractivity contribution is 5.95. The maximum Gasteiger partial charge on any atom is 0.321 e. The van der Waals surface area contributed by atoms with E-state index in [4.69, 9.17) is 14.2 Å². The third-order valence-electron chi connectivity index (χ3n) is 2.82. The molecule has 0 radical (unpaired) electrons. The lowest BCUT2D eigenvalue weighted by atomic mass is 9.86. The van der Waals surface area contributed by atoms with Gasteiger partial charge in [0.25, 0.3) is 0 Å². The van der Waals surface area contributed by atoms with Crippen LogP contribution in [0, 0.1) is 11.8 Å². The van der Waals surface area contributed by atoms with Crippen molar-refractivity contribution in [3.05, 3.63) is 12.2 Å². The molecule has 5 nitrogen and oxygen atoms in total. The fourth-order valence-corrected chi connectivity index (χ4v) is 1.94. The van der Waals surface area contributed by atoms with Crippen LogP contribution in [0.25, 0.3) is 0 Å². The van der Waals surface area contributed by atoms with E-state index in [-0.39, 0.29) is 25.2 Å². The zero-order valence-corrected chi connectivity index (χ0v) is 11.0. The topological polar surface area (TPSA) is 61.8 Å². The fourth-order valence-electron chi connectivity index (χ4n) is 1.94. The zero-order chi connectivity index (χ0) is 13.5. The van der Waals surface area contributed by atoms with Crippen LogP contribution in [0.2, 0.25) is 0 Å². The summed E-state index contributed by atoms with van der Waals surface area (Å²) in [5.41, 5.74) is 0. The van der Waals surface area contributed by atoms with E-state index in [1.807, 2.05) is 13.0 Å². The average molecular weight is 256 g/mol. The van der Waals surface area contributed by atoms with Gasteiger partial charge in [0.05, 0.1) is 25.9 Å². The Bertz CT molecular complexity index is 305. The summed E-state index contributed by atoms with van der Waals surface area (Å²) in [7, 11) is 0.